The molecule has 8 nitrogen and oxygen atoms in total. The van der Waals surface area contributed by atoms with E-state index in [0.29, 0.717) is 11.3 Å². The number of amides is 3. The maximum Gasteiger partial charge on any atom is 0.327 e. The van der Waals surface area contributed by atoms with Crippen molar-refractivity contribution < 1.29 is 19.2 Å². The molecule has 0 N–H and O–H groups in total. The van der Waals surface area contributed by atoms with Crippen molar-refractivity contribution in [2.24, 2.45) is 0 Å². The number of non-ortho nitro benzene ring substituents is 1. The van der Waals surface area contributed by atoms with Crippen molar-refractivity contribution in [3.8, 4) is 5.75 Å². The standard InChI is InChI=1S/C14H15N3O5/c1-22-12-5-4-11(17(20)21)6-9(12)7-16-13(18)8-15(14(16)19)10-2-3-10/h4-6,10H,2-3,7-8H2,1H3. The van der Waals surface area contributed by atoms with Crippen molar-refractivity contribution >= 4 is 17.6 Å². The number of nitrogens with zero attached hydrogens (tertiary/aromatic N) is 3. The topological polar surface area (TPSA) is 93.0 Å². The molecule has 1 heterocycles. The molecular formula is C14H15N3O5. The molecule has 2 aliphatic rings. The van der Waals surface area contributed by atoms with Gasteiger partial charge in [-0.25, -0.2) is 4.79 Å². The summed E-state index contributed by atoms with van der Waals surface area (Å²) in [5.41, 5.74) is 0.338. The number of nitro groups is 1. The van der Waals surface area contributed by atoms with Crippen molar-refractivity contribution in [3.63, 3.8) is 0 Å². The van der Waals surface area contributed by atoms with Crippen LogP contribution in [0, 0.1) is 10.1 Å². The second-order valence-corrected chi connectivity index (χ2v) is 5.37. The molecule has 8 heteroatoms. The van der Waals surface area contributed by atoms with Gasteiger partial charge in [0.05, 0.1) is 18.6 Å². The van der Waals surface area contributed by atoms with Crippen molar-refractivity contribution in [1.29, 1.82) is 0 Å². The molecule has 1 aliphatic carbocycles. The number of carbonyl (C=O) groups excluding carboxylic acids is 2. The van der Waals surface area contributed by atoms with Gasteiger partial charge in [-0.3, -0.25) is 19.8 Å². The molecule has 116 valence electrons. The molecule has 0 spiro atoms. The van der Waals surface area contributed by atoms with Crippen LogP contribution >= 0.6 is 0 Å². The molecule has 3 rings (SSSR count). The van der Waals surface area contributed by atoms with Crippen molar-refractivity contribution in [2.45, 2.75) is 25.4 Å². The Morgan fingerprint density at radius 3 is 2.68 bits per heavy atom. The molecule has 1 aromatic rings. The van der Waals surface area contributed by atoms with Crippen molar-refractivity contribution in [1.82, 2.24) is 9.80 Å². The largest absolute Gasteiger partial charge is 0.496 e. The lowest BCUT2D eigenvalue weighted by molar-refractivity contribution is -0.384. The summed E-state index contributed by atoms with van der Waals surface area (Å²) >= 11 is 0. The van der Waals surface area contributed by atoms with Gasteiger partial charge in [0, 0.05) is 23.7 Å². The average molecular weight is 305 g/mol. The van der Waals surface area contributed by atoms with Gasteiger partial charge in [-0.1, -0.05) is 0 Å². The van der Waals surface area contributed by atoms with Crippen LogP contribution in [0.4, 0.5) is 10.5 Å². The predicted octanol–water partition coefficient (Wildman–Crippen LogP) is 1.53. The maximum atomic E-state index is 12.3. The average Bonchev–Trinajstić information content (AvgIpc) is 3.29. The first kappa shape index (κ1) is 14.3. The summed E-state index contributed by atoms with van der Waals surface area (Å²) in [6.07, 6.45) is 1.85. The van der Waals surface area contributed by atoms with Crippen molar-refractivity contribution in [2.75, 3.05) is 13.7 Å². The van der Waals surface area contributed by atoms with E-state index in [-0.39, 0.29) is 36.8 Å². The number of hydrogen-bond donors (Lipinski definition) is 0. The molecule has 1 aliphatic heterocycles. The Balaban J connectivity index is 1.85. The third-order valence-electron chi connectivity index (χ3n) is 3.87. The Hall–Kier alpha value is -2.64. The highest BCUT2D eigenvalue weighted by atomic mass is 16.6. The van der Waals surface area contributed by atoms with Gasteiger partial charge in [-0.05, 0) is 18.9 Å². The smallest absolute Gasteiger partial charge is 0.327 e. The van der Waals surface area contributed by atoms with Gasteiger partial charge >= 0.3 is 6.03 Å². The van der Waals surface area contributed by atoms with Gasteiger partial charge in [-0.2, -0.15) is 0 Å². The zero-order valence-corrected chi connectivity index (χ0v) is 12.0. The number of ether oxygens (including phenoxy) is 1. The lowest BCUT2D eigenvalue weighted by Gasteiger charge is -2.17. The van der Waals surface area contributed by atoms with E-state index in [2.05, 4.69) is 0 Å². The highest BCUT2D eigenvalue weighted by Gasteiger charge is 2.43. The van der Waals surface area contributed by atoms with Crippen LogP contribution in [0.5, 0.6) is 5.75 Å². The number of nitro benzene ring substituents is 1. The number of methoxy groups -OCH3 is 1. The van der Waals surface area contributed by atoms with E-state index in [1.165, 1.54) is 25.3 Å². The molecule has 3 amide bonds. The summed E-state index contributed by atoms with van der Waals surface area (Å²) in [5.74, 6) is 0.126. The Labute approximate surface area is 126 Å². The summed E-state index contributed by atoms with van der Waals surface area (Å²) in [4.78, 5) is 37.4. The number of benzene rings is 1. The van der Waals surface area contributed by atoms with Crippen LogP contribution in [-0.2, 0) is 11.3 Å². The number of hydrogen-bond acceptors (Lipinski definition) is 5. The van der Waals surface area contributed by atoms with E-state index in [1.54, 1.807) is 4.90 Å². The van der Waals surface area contributed by atoms with E-state index < -0.39 is 4.92 Å². The Morgan fingerprint density at radius 1 is 1.36 bits per heavy atom. The minimum atomic E-state index is -0.521. The fourth-order valence-corrected chi connectivity index (χ4v) is 2.56. The monoisotopic (exact) mass is 305 g/mol. The summed E-state index contributed by atoms with van der Waals surface area (Å²) in [6.45, 7) is 0.0620. The fraction of sp³-hybridized carbons (Fsp3) is 0.429. The summed E-state index contributed by atoms with van der Waals surface area (Å²) < 4.78 is 5.16. The Morgan fingerprint density at radius 2 is 2.09 bits per heavy atom. The maximum absolute atomic E-state index is 12.3. The molecule has 1 aromatic carbocycles. The van der Waals surface area contributed by atoms with Gasteiger partial charge in [0.15, 0.2) is 0 Å². The minimum Gasteiger partial charge on any atom is -0.496 e. The number of carbonyl (C=O) groups is 2. The molecule has 22 heavy (non-hydrogen) atoms. The SMILES string of the molecule is COc1ccc([N+](=O)[O-])cc1CN1C(=O)CN(C2CC2)C1=O. The highest BCUT2D eigenvalue weighted by molar-refractivity contribution is 6.02. The zero-order chi connectivity index (χ0) is 15.9. The number of imide groups is 1. The molecule has 2 fully saturated rings. The van der Waals surface area contributed by atoms with Gasteiger partial charge in [-0.15, -0.1) is 0 Å². The first-order valence-corrected chi connectivity index (χ1v) is 6.93. The van der Waals surface area contributed by atoms with E-state index in [4.69, 9.17) is 4.74 Å². The lowest BCUT2D eigenvalue weighted by Crippen LogP contribution is -2.33. The summed E-state index contributed by atoms with van der Waals surface area (Å²) in [5, 5.41) is 10.9. The number of urea groups is 1. The van der Waals surface area contributed by atoms with Crippen LogP contribution in [-0.4, -0.2) is 46.4 Å². The third kappa shape index (κ3) is 2.47. The van der Waals surface area contributed by atoms with E-state index in [1.807, 2.05) is 0 Å². The first-order chi connectivity index (χ1) is 10.5. The molecular weight excluding hydrogens is 290 g/mol. The second-order valence-electron chi connectivity index (χ2n) is 5.37. The van der Waals surface area contributed by atoms with Gasteiger partial charge in [0.2, 0.25) is 0 Å². The van der Waals surface area contributed by atoms with Crippen LogP contribution in [0.3, 0.4) is 0 Å². The number of rotatable bonds is 5. The van der Waals surface area contributed by atoms with Crippen LogP contribution in [0.15, 0.2) is 18.2 Å². The zero-order valence-electron chi connectivity index (χ0n) is 12.0. The fourth-order valence-electron chi connectivity index (χ4n) is 2.56. The molecule has 0 atom stereocenters. The van der Waals surface area contributed by atoms with Crippen LogP contribution < -0.4 is 4.74 Å². The van der Waals surface area contributed by atoms with Gasteiger partial charge in [0.1, 0.15) is 12.3 Å². The van der Waals surface area contributed by atoms with Crippen LogP contribution in [0.25, 0.3) is 0 Å². The summed E-state index contributed by atoms with van der Waals surface area (Å²) in [7, 11) is 1.44. The third-order valence-corrected chi connectivity index (χ3v) is 3.87. The molecule has 0 radical (unpaired) electrons. The highest BCUT2D eigenvalue weighted by Crippen LogP contribution is 2.32. The van der Waals surface area contributed by atoms with Crippen LogP contribution in [0.2, 0.25) is 0 Å². The first-order valence-electron chi connectivity index (χ1n) is 6.93. The molecule has 0 aromatic heterocycles. The van der Waals surface area contributed by atoms with Crippen molar-refractivity contribution in [3.05, 3.63) is 33.9 Å². The normalized spacial score (nSPS) is 18.0. The van der Waals surface area contributed by atoms with E-state index in [9.17, 15) is 19.7 Å². The predicted molar refractivity (Wildman–Crippen MR) is 75.3 cm³/mol. The molecule has 1 saturated carbocycles. The Kier molecular flexibility index (Phi) is 3.44. The van der Waals surface area contributed by atoms with E-state index >= 15 is 0 Å². The second kappa shape index (κ2) is 5.28. The lowest BCUT2D eigenvalue weighted by atomic mass is 10.1. The summed E-state index contributed by atoms with van der Waals surface area (Å²) in [6, 6.07) is 3.96. The van der Waals surface area contributed by atoms with Gasteiger partial charge < -0.3 is 9.64 Å². The van der Waals surface area contributed by atoms with Gasteiger partial charge in [0.25, 0.3) is 11.6 Å². The quantitative estimate of drug-likeness (QED) is 0.467. The van der Waals surface area contributed by atoms with Crippen LogP contribution in [0.1, 0.15) is 18.4 Å². The minimum absolute atomic E-state index is 0.0221. The molecule has 0 bridgehead atoms. The molecule has 1 saturated heterocycles. The molecule has 0 unspecified atom stereocenters. The Bertz CT molecular complexity index is 656. The van der Waals surface area contributed by atoms with E-state index in [0.717, 1.165) is 17.7 Å².